The first kappa shape index (κ1) is 29.7. The molecule has 1 heterocycles. The maximum atomic E-state index is 12.9. The maximum absolute atomic E-state index is 12.9. The van der Waals surface area contributed by atoms with Crippen molar-refractivity contribution >= 4 is 39.1 Å². The molecule has 0 radical (unpaired) electrons. The van der Waals surface area contributed by atoms with Gasteiger partial charge >= 0.3 is 16.7 Å². The number of fused-ring (bicyclic) bond motifs is 1. The molecule has 1 aromatic carbocycles. The second-order valence-electron chi connectivity index (χ2n) is 8.62. The van der Waals surface area contributed by atoms with E-state index in [2.05, 4.69) is 35.9 Å². The number of unbranched alkanes of at least 4 members (excludes halogenated alkanes) is 1. The summed E-state index contributed by atoms with van der Waals surface area (Å²) in [6.45, 7) is 16.8. The molecule has 0 saturated carbocycles. The van der Waals surface area contributed by atoms with E-state index in [1.165, 1.54) is 0 Å². The summed E-state index contributed by atoms with van der Waals surface area (Å²) in [5.41, 5.74) is 1.56. The fourth-order valence-corrected chi connectivity index (χ4v) is 4.57. The minimum atomic E-state index is -1.18. The highest BCUT2D eigenvalue weighted by Crippen LogP contribution is 2.46. The Kier molecular flexibility index (Phi) is 11.3. The fraction of sp³-hybridized carbons (Fsp3) is 0.429. The van der Waals surface area contributed by atoms with Crippen LogP contribution in [0.25, 0.3) is 0 Å². The highest BCUT2D eigenvalue weighted by atomic mass is 127. The number of ether oxygens (including phenoxy) is 2. The molecule has 2 unspecified atom stereocenters. The van der Waals surface area contributed by atoms with Gasteiger partial charge in [-0.05, 0) is 65.2 Å². The molecule has 6 nitrogen and oxygen atoms in total. The molecule has 8 heteroatoms. The zero-order valence-corrected chi connectivity index (χ0v) is 24.3. The van der Waals surface area contributed by atoms with E-state index in [4.69, 9.17) is 14.1 Å². The van der Waals surface area contributed by atoms with Gasteiger partial charge in [0.25, 0.3) is 0 Å². The predicted octanol–water partition coefficient (Wildman–Crippen LogP) is 6.60. The van der Waals surface area contributed by atoms with Crippen LogP contribution >= 0.6 is 22.4 Å². The number of carbonyl (C=O) groups is 2. The lowest BCUT2D eigenvalue weighted by Crippen LogP contribution is -2.39. The Morgan fingerprint density at radius 2 is 2.00 bits per heavy atom. The molecule has 1 aliphatic rings. The van der Waals surface area contributed by atoms with Gasteiger partial charge in [-0.15, -0.1) is 0 Å². The molecule has 0 N–H and O–H groups in total. The zero-order valence-electron chi connectivity index (χ0n) is 22.2. The summed E-state index contributed by atoms with van der Waals surface area (Å²) < 4.78 is 17.2. The van der Waals surface area contributed by atoms with Gasteiger partial charge in [0.2, 0.25) is 0 Å². The molecule has 0 amide bonds. The number of benzene rings is 1. The number of esters is 2. The molecule has 36 heavy (non-hydrogen) atoms. The number of rotatable bonds is 13. The average Bonchev–Trinajstić information content (AvgIpc) is 3.11. The van der Waals surface area contributed by atoms with Crippen molar-refractivity contribution < 1.29 is 23.7 Å². The first-order valence-corrected chi connectivity index (χ1v) is 13.7. The monoisotopic (exact) mass is 605 g/mol. The minimum absolute atomic E-state index is 0.150. The third-order valence-electron chi connectivity index (χ3n) is 6.00. The van der Waals surface area contributed by atoms with Gasteiger partial charge in [0.05, 0.1) is 17.9 Å². The molecule has 0 aliphatic carbocycles. The molecule has 2 rings (SSSR count). The maximum Gasteiger partial charge on any atom is 0.425 e. The first-order valence-electron chi connectivity index (χ1n) is 12.4. The van der Waals surface area contributed by atoms with E-state index in [0.717, 1.165) is 24.1 Å². The second kappa shape index (κ2) is 13.7. The largest absolute Gasteiger partial charge is 0.551 e. The Hall–Kier alpha value is -2.49. The van der Waals surface area contributed by atoms with E-state index >= 15 is 0 Å². The van der Waals surface area contributed by atoms with Crippen LogP contribution < -0.4 is 0 Å². The highest BCUT2D eigenvalue weighted by Gasteiger charge is 2.47. The summed E-state index contributed by atoms with van der Waals surface area (Å²) in [5.74, 6) is -0.255. The Bertz CT molecular complexity index is 1050. The Labute approximate surface area is 229 Å². The third kappa shape index (κ3) is 6.84. The van der Waals surface area contributed by atoms with Crippen LogP contribution in [0.5, 0.6) is 0 Å². The standard InChI is InChI=1S/C28H37BINO5/c1-8-11-19-31(21(5)26(32)34-10-3)20(4)16-17-24(22(6)36-29(7)30)28(18-9-2)25-15-13-12-14-23(25)27(33)35-28/h9,12-18,21H,6,8,10-11,19H2,1-5,7H3/b18-9+,20-16+,24-17+. The van der Waals surface area contributed by atoms with Crippen LogP contribution in [0.4, 0.5) is 0 Å². The normalized spacial score (nSPS) is 18.5. The lowest BCUT2D eigenvalue weighted by Gasteiger charge is -2.32. The number of nitrogens with zero attached hydrogens (tertiary/aromatic N) is 1. The van der Waals surface area contributed by atoms with E-state index in [-0.39, 0.29) is 10.7 Å². The van der Waals surface area contributed by atoms with E-state index < -0.39 is 17.6 Å². The van der Waals surface area contributed by atoms with Crippen LogP contribution in [-0.2, 0) is 24.5 Å². The summed E-state index contributed by atoms with van der Waals surface area (Å²) in [6, 6.07) is 6.92. The van der Waals surface area contributed by atoms with Crippen molar-refractivity contribution in [3.05, 3.63) is 83.3 Å². The Morgan fingerprint density at radius 1 is 1.31 bits per heavy atom. The average molecular weight is 605 g/mol. The minimum Gasteiger partial charge on any atom is -0.551 e. The number of allylic oxidation sites excluding steroid dienone is 4. The van der Waals surface area contributed by atoms with E-state index in [0.29, 0.717) is 30.0 Å². The van der Waals surface area contributed by atoms with E-state index in [1.54, 1.807) is 13.0 Å². The summed E-state index contributed by atoms with van der Waals surface area (Å²) in [6.07, 6.45) is 9.44. The number of halogens is 1. The molecular formula is C28H37BINO5. The third-order valence-corrected chi connectivity index (χ3v) is 6.25. The number of hydrogen-bond donors (Lipinski definition) is 0. The lowest BCUT2D eigenvalue weighted by molar-refractivity contribution is -0.148. The van der Waals surface area contributed by atoms with E-state index in [9.17, 15) is 9.59 Å². The van der Waals surface area contributed by atoms with Crippen LogP contribution in [0.2, 0.25) is 6.82 Å². The fourth-order valence-electron chi connectivity index (χ4n) is 4.27. The smallest absolute Gasteiger partial charge is 0.425 e. The SMILES string of the molecule is C=C(OB(C)I)/C(=C\C=C(/C)N(CCCC)C(C)C(=O)OCC)C1(/C=C/C)OC(=O)c2ccccc21. The number of hydrogen-bond acceptors (Lipinski definition) is 6. The van der Waals surface area contributed by atoms with Gasteiger partial charge in [-0.1, -0.05) is 66.6 Å². The van der Waals surface area contributed by atoms with E-state index in [1.807, 2.05) is 75.0 Å². The Balaban J connectivity index is 2.65. The van der Waals surface area contributed by atoms with Crippen molar-refractivity contribution in [2.45, 2.75) is 65.9 Å². The summed E-state index contributed by atoms with van der Waals surface area (Å²) in [7, 11) is 0. The molecule has 2 atom stereocenters. The molecule has 0 aromatic heterocycles. The van der Waals surface area contributed by atoms with Gasteiger partial charge in [-0.25, -0.2) is 9.59 Å². The predicted molar refractivity (Wildman–Crippen MR) is 154 cm³/mol. The van der Waals surface area contributed by atoms with Gasteiger partial charge in [0, 0.05) is 23.4 Å². The summed E-state index contributed by atoms with van der Waals surface area (Å²) in [4.78, 5) is 27.4. The first-order chi connectivity index (χ1) is 17.1. The van der Waals surface area contributed by atoms with Crippen LogP contribution in [0, 0.1) is 0 Å². The van der Waals surface area contributed by atoms with Gasteiger partial charge in [-0.3, -0.25) is 0 Å². The molecule has 0 saturated heterocycles. The summed E-state index contributed by atoms with van der Waals surface area (Å²) in [5, 5.41) is 0. The van der Waals surface area contributed by atoms with Crippen LogP contribution in [-0.4, -0.2) is 40.8 Å². The van der Waals surface area contributed by atoms with Gasteiger partial charge in [-0.2, -0.15) is 0 Å². The van der Waals surface area contributed by atoms with Crippen molar-refractivity contribution in [3.63, 3.8) is 0 Å². The molecule has 0 spiro atoms. The quantitative estimate of drug-likeness (QED) is 0.0631. The summed E-state index contributed by atoms with van der Waals surface area (Å²) >= 11 is 2.16. The Morgan fingerprint density at radius 3 is 2.61 bits per heavy atom. The van der Waals surface area contributed by atoms with Gasteiger partial charge < -0.3 is 19.0 Å². The van der Waals surface area contributed by atoms with Gasteiger partial charge in [0.1, 0.15) is 6.04 Å². The van der Waals surface area contributed by atoms with Crippen LogP contribution in [0.3, 0.4) is 0 Å². The van der Waals surface area contributed by atoms with Crippen molar-refractivity contribution in [2.24, 2.45) is 0 Å². The topological polar surface area (TPSA) is 65.1 Å². The molecule has 194 valence electrons. The number of cyclic esters (lactones) is 1. The molecule has 0 bridgehead atoms. The van der Waals surface area contributed by atoms with Crippen molar-refractivity contribution in [1.82, 2.24) is 4.90 Å². The van der Waals surface area contributed by atoms with Crippen LogP contribution in [0.15, 0.2) is 72.2 Å². The molecular weight excluding hydrogens is 568 g/mol. The molecule has 0 fully saturated rings. The van der Waals surface area contributed by atoms with Crippen LogP contribution in [0.1, 0.15) is 63.4 Å². The van der Waals surface area contributed by atoms with Crippen molar-refractivity contribution in [2.75, 3.05) is 13.2 Å². The molecule has 1 aliphatic heterocycles. The zero-order chi connectivity index (χ0) is 26.9. The molecule has 1 aromatic rings. The van der Waals surface area contributed by atoms with Crippen molar-refractivity contribution in [3.8, 4) is 0 Å². The number of carbonyl (C=O) groups excluding carboxylic acids is 2. The van der Waals surface area contributed by atoms with Crippen molar-refractivity contribution in [1.29, 1.82) is 0 Å². The lowest BCUT2D eigenvalue weighted by atomic mass is 9.83. The second-order valence-corrected chi connectivity index (χ2v) is 10.4. The highest BCUT2D eigenvalue weighted by molar-refractivity contribution is 14.1. The van der Waals surface area contributed by atoms with Gasteiger partial charge in [0.15, 0.2) is 5.60 Å².